The number of hydrogen-bond acceptors (Lipinski definition) is 8. The molecule has 1 saturated heterocycles. The van der Waals surface area contributed by atoms with Gasteiger partial charge in [0, 0.05) is 36.4 Å². The third kappa shape index (κ3) is 4.38. The lowest BCUT2D eigenvalue weighted by Gasteiger charge is -2.26. The van der Waals surface area contributed by atoms with Gasteiger partial charge >= 0.3 is 0 Å². The van der Waals surface area contributed by atoms with Gasteiger partial charge in [-0.1, -0.05) is 0 Å². The zero-order valence-electron chi connectivity index (χ0n) is 15.3. The van der Waals surface area contributed by atoms with Crippen LogP contribution in [0.4, 0.5) is 0 Å². The van der Waals surface area contributed by atoms with Gasteiger partial charge in [0.1, 0.15) is 14.8 Å². The summed E-state index contributed by atoms with van der Waals surface area (Å²) >= 11 is 2.55. The van der Waals surface area contributed by atoms with Crippen LogP contribution in [0.25, 0.3) is 11.3 Å². The topological polar surface area (TPSA) is 101 Å². The lowest BCUT2D eigenvalue weighted by molar-refractivity contribution is 0.0730. The zero-order chi connectivity index (χ0) is 20.3. The van der Waals surface area contributed by atoms with E-state index in [1.54, 1.807) is 17.8 Å². The smallest absolute Gasteiger partial charge is 0.263 e. The molecule has 3 aromatic rings. The second-order valence-corrected chi connectivity index (χ2v) is 9.94. The van der Waals surface area contributed by atoms with Gasteiger partial charge in [-0.15, -0.1) is 22.7 Å². The van der Waals surface area contributed by atoms with Gasteiger partial charge in [-0.3, -0.25) is 9.78 Å². The van der Waals surface area contributed by atoms with Crippen molar-refractivity contribution in [3.05, 3.63) is 51.2 Å². The lowest BCUT2D eigenvalue weighted by Crippen LogP contribution is -2.41. The average molecular weight is 451 g/mol. The molecule has 1 fully saturated rings. The van der Waals surface area contributed by atoms with E-state index < -0.39 is 15.9 Å². The zero-order valence-corrected chi connectivity index (χ0v) is 17.7. The van der Waals surface area contributed by atoms with Gasteiger partial charge < -0.3 is 10.1 Å². The molecular weight excluding hydrogens is 432 g/mol. The average Bonchev–Trinajstić information content (AvgIpc) is 3.43. The van der Waals surface area contributed by atoms with Crippen molar-refractivity contribution >= 4 is 38.6 Å². The number of ether oxygens (including phenoxy) is 1. The van der Waals surface area contributed by atoms with Crippen molar-refractivity contribution in [1.82, 2.24) is 19.6 Å². The van der Waals surface area contributed by atoms with Crippen molar-refractivity contribution in [3.63, 3.8) is 0 Å². The summed E-state index contributed by atoms with van der Waals surface area (Å²) in [5.41, 5.74) is 1.76. The maximum atomic E-state index is 12.9. The van der Waals surface area contributed by atoms with Crippen LogP contribution in [-0.4, -0.2) is 54.9 Å². The third-order valence-corrected chi connectivity index (χ3v) is 8.18. The molecule has 1 aliphatic rings. The van der Waals surface area contributed by atoms with E-state index in [1.165, 1.54) is 21.7 Å². The normalized spacial score (nSPS) is 15.3. The maximum Gasteiger partial charge on any atom is 0.263 e. The fourth-order valence-electron chi connectivity index (χ4n) is 2.88. The minimum Gasteiger partial charge on any atom is -0.379 e. The van der Waals surface area contributed by atoms with E-state index >= 15 is 0 Å². The van der Waals surface area contributed by atoms with E-state index in [9.17, 15) is 13.2 Å². The first-order valence-electron chi connectivity index (χ1n) is 8.84. The van der Waals surface area contributed by atoms with E-state index in [2.05, 4.69) is 15.3 Å². The van der Waals surface area contributed by atoms with Crippen LogP contribution in [0.1, 0.15) is 14.7 Å². The molecule has 3 aromatic heterocycles. The number of thiazole rings is 1. The van der Waals surface area contributed by atoms with Crippen molar-refractivity contribution < 1.29 is 17.9 Å². The Bertz CT molecular complexity index is 1090. The molecule has 4 rings (SSSR count). The van der Waals surface area contributed by atoms with Crippen LogP contribution in [0.15, 0.2) is 46.2 Å². The van der Waals surface area contributed by atoms with Crippen molar-refractivity contribution in [2.75, 3.05) is 26.3 Å². The van der Waals surface area contributed by atoms with E-state index in [0.29, 0.717) is 13.2 Å². The summed E-state index contributed by atoms with van der Waals surface area (Å²) in [6.45, 7) is 1.51. The van der Waals surface area contributed by atoms with Gasteiger partial charge in [0.2, 0.25) is 10.0 Å². The van der Waals surface area contributed by atoms with Crippen LogP contribution in [0.5, 0.6) is 0 Å². The maximum absolute atomic E-state index is 12.9. The summed E-state index contributed by atoms with van der Waals surface area (Å²) < 4.78 is 32.4. The molecule has 0 unspecified atom stereocenters. The monoisotopic (exact) mass is 450 g/mol. The number of carbonyl (C=O) groups excluding carboxylic acids is 1. The van der Waals surface area contributed by atoms with E-state index in [0.717, 1.165) is 27.6 Å². The largest absolute Gasteiger partial charge is 0.379 e. The molecule has 0 aromatic carbocycles. The Morgan fingerprint density at radius 2 is 1.93 bits per heavy atom. The van der Waals surface area contributed by atoms with Crippen molar-refractivity contribution in [1.29, 1.82) is 0 Å². The number of nitrogens with zero attached hydrogens (tertiary/aromatic N) is 3. The molecular formula is C18H18N4O4S3. The van der Waals surface area contributed by atoms with Crippen LogP contribution in [0.3, 0.4) is 0 Å². The second-order valence-electron chi connectivity index (χ2n) is 6.18. The first kappa shape index (κ1) is 20.1. The summed E-state index contributed by atoms with van der Waals surface area (Å²) in [7, 11) is -3.73. The second kappa shape index (κ2) is 8.67. The quantitative estimate of drug-likeness (QED) is 0.618. The number of nitrogens with one attached hydrogen (secondary N) is 1. The van der Waals surface area contributed by atoms with Gasteiger partial charge in [0.05, 0.1) is 25.5 Å². The van der Waals surface area contributed by atoms with Crippen LogP contribution in [0, 0.1) is 0 Å². The fourth-order valence-corrected chi connectivity index (χ4v) is 6.34. The highest BCUT2D eigenvalue weighted by Gasteiger charge is 2.31. The number of aromatic nitrogens is 2. The third-order valence-electron chi connectivity index (χ3n) is 4.35. The van der Waals surface area contributed by atoms with Gasteiger partial charge in [-0.2, -0.15) is 4.31 Å². The number of morpholine rings is 1. The Hall–Kier alpha value is -2.18. The molecule has 1 aliphatic heterocycles. The predicted octanol–water partition coefficient (Wildman–Crippen LogP) is 2.22. The first-order chi connectivity index (χ1) is 14.1. The van der Waals surface area contributed by atoms with Crippen LogP contribution < -0.4 is 5.32 Å². The Kier molecular flexibility index (Phi) is 6.01. The van der Waals surface area contributed by atoms with Crippen molar-refractivity contribution in [3.8, 4) is 11.3 Å². The Morgan fingerprint density at radius 3 is 2.69 bits per heavy atom. The molecule has 0 atom stereocenters. The molecule has 0 spiro atoms. The highest BCUT2D eigenvalue weighted by Crippen LogP contribution is 2.26. The number of thiophene rings is 1. The Morgan fingerprint density at radius 1 is 1.17 bits per heavy atom. The number of sulfonamides is 1. The number of rotatable bonds is 6. The van der Waals surface area contributed by atoms with Gasteiger partial charge in [-0.25, -0.2) is 13.4 Å². The van der Waals surface area contributed by atoms with Gasteiger partial charge in [-0.05, 0) is 23.6 Å². The Labute approximate surface area is 176 Å². The SMILES string of the molecule is O=C(NCc1nc(-c2ccncc2)cs1)c1sccc1S(=O)(=O)N1CCOCC1. The van der Waals surface area contributed by atoms with Crippen LogP contribution in [-0.2, 0) is 21.3 Å². The summed E-state index contributed by atoms with van der Waals surface area (Å²) in [6.07, 6.45) is 3.40. The molecule has 29 heavy (non-hydrogen) atoms. The summed E-state index contributed by atoms with van der Waals surface area (Å²) in [5.74, 6) is -0.424. The van der Waals surface area contributed by atoms with Crippen LogP contribution >= 0.6 is 22.7 Å². The van der Waals surface area contributed by atoms with Crippen molar-refractivity contribution in [2.45, 2.75) is 11.4 Å². The van der Waals surface area contributed by atoms with Crippen LogP contribution in [0.2, 0.25) is 0 Å². The molecule has 0 radical (unpaired) electrons. The molecule has 8 nitrogen and oxygen atoms in total. The number of amides is 1. The molecule has 0 bridgehead atoms. The van der Waals surface area contributed by atoms with Gasteiger partial charge in [0.25, 0.3) is 5.91 Å². The lowest BCUT2D eigenvalue weighted by atomic mass is 10.2. The number of pyridine rings is 1. The van der Waals surface area contributed by atoms with E-state index in [1.807, 2.05) is 17.5 Å². The minimum atomic E-state index is -3.73. The number of carbonyl (C=O) groups is 1. The highest BCUT2D eigenvalue weighted by molar-refractivity contribution is 7.89. The minimum absolute atomic E-state index is 0.0403. The van der Waals surface area contributed by atoms with Crippen molar-refractivity contribution in [2.24, 2.45) is 0 Å². The number of hydrogen-bond donors (Lipinski definition) is 1. The fraction of sp³-hybridized carbons (Fsp3) is 0.278. The summed E-state index contributed by atoms with van der Waals surface area (Å²) in [5, 5.41) is 7.05. The standard InChI is InChI=1S/C18H18N4O4S3/c23-18(20-11-16-21-14(12-28-16)13-1-4-19-5-2-13)17-15(3-10-27-17)29(24,25)22-6-8-26-9-7-22/h1-5,10,12H,6-9,11H2,(H,20,23). The predicted molar refractivity (Wildman–Crippen MR) is 110 cm³/mol. The van der Waals surface area contributed by atoms with E-state index in [4.69, 9.17) is 4.74 Å². The Balaban J connectivity index is 1.45. The van der Waals surface area contributed by atoms with E-state index in [-0.39, 0.29) is 29.4 Å². The molecule has 4 heterocycles. The summed E-state index contributed by atoms with van der Waals surface area (Å²) in [6, 6.07) is 5.22. The highest BCUT2D eigenvalue weighted by atomic mass is 32.2. The molecule has 1 N–H and O–H groups in total. The molecule has 152 valence electrons. The molecule has 1 amide bonds. The molecule has 11 heteroatoms. The summed E-state index contributed by atoms with van der Waals surface area (Å²) in [4.78, 5) is 21.4. The molecule has 0 saturated carbocycles. The molecule has 0 aliphatic carbocycles. The van der Waals surface area contributed by atoms with Gasteiger partial charge in [0.15, 0.2) is 0 Å². The first-order valence-corrected chi connectivity index (χ1v) is 12.0.